The standard InChI is InChI=1S/C11H20N4O2/c12-6-4-10-14-15-11(17-10)13-7-5-9-3-1-2-8-16-9/h9H,1-8,12H2,(H,13,15). The summed E-state index contributed by atoms with van der Waals surface area (Å²) in [7, 11) is 0. The van der Waals surface area contributed by atoms with Gasteiger partial charge in [0, 0.05) is 26.1 Å². The molecular weight excluding hydrogens is 220 g/mol. The number of rotatable bonds is 6. The number of ether oxygens (including phenoxy) is 1. The van der Waals surface area contributed by atoms with Gasteiger partial charge in [0.25, 0.3) is 0 Å². The molecule has 6 heteroatoms. The molecule has 1 aliphatic heterocycles. The van der Waals surface area contributed by atoms with Crippen LogP contribution in [0.2, 0.25) is 0 Å². The van der Waals surface area contributed by atoms with E-state index >= 15 is 0 Å². The zero-order valence-corrected chi connectivity index (χ0v) is 10.0. The van der Waals surface area contributed by atoms with Crippen LogP contribution < -0.4 is 11.1 Å². The molecule has 2 heterocycles. The first-order valence-electron chi connectivity index (χ1n) is 6.26. The number of anilines is 1. The average Bonchev–Trinajstić information content (AvgIpc) is 2.79. The second kappa shape index (κ2) is 6.56. The summed E-state index contributed by atoms with van der Waals surface area (Å²) in [5.41, 5.74) is 5.40. The molecule has 1 aromatic heterocycles. The SMILES string of the molecule is NCCc1nnc(NCCC2CCCCO2)o1. The number of nitrogens with one attached hydrogen (secondary N) is 1. The largest absolute Gasteiger partial charge is 0.408 e. The van der Waals surface area contributed by atoms with Crippen LogP contribution in [0.3, 0.4) is 0 Å². The maximum atomic E-state index is 5.64. The van der Waals surface area contributed by atoms with Crippen molar-refractivity contribution in [1.29, 1.82) is 0 Å². The van der Waals surface area contributed by atoms with Crippen LogP contribution in [-0.2, 0) is 11.2 Å². The summed E-state index contributed by atoms with van der Waals surface area (Å²) >= 11 is 0. The summed E-state index contributed by atoms with van der Waals surface area (Å²) in [4.78, 5) is 0. The van der Waals surface area contributed by atoms with Crippen molar-refractivity contribution in [3.63, 3.8) is 0 Å². The highest BCUT2D eigenvalue weighted by molar-refractivity contribution is 5.16. The maximum absolute atomic E-state index is 5.64. The van der Waals surface area contributed by atoms with E-state index in [0.717, 1.165) is 26.0 Å². The third-order valence-corrected chi connectivity index (χ3v) is 2.84. The van der Waals surface area contributed by atoms with Crippen LogP contribution >= 0.6 is 0 Å². The van der Waals surface area contributed by atoms with Crippen LogP contribution in [0, 0.1) is 0 Å². The van der Waals surface area contributed by atoms with Crippen molar-refractivity contribution in [1.82, 2.24) is 10.2 Å². The number of nitrogens with zero attached hydrogens (tertiary/aromatic N) is 2. The zero-order valence-electron chi connectivity index (χ0n) is 10.0. The lowest BCUT2D eigenvalue weighted by atomic mass is 10.1. The van der Waals surface area contributed by atoms with Crippen molar-refractivity contribution in [2.45, 2.75) is 38.2 Å². The summed E-state index contributed by atoms with van der Waals surface area (Å²) in [6, 6.07) is 0.476. The molecule has 1 aliphatic rings. The number of nitrogens with two attached hydrogens (primary N) is 1. The van der Waals surface area contributed by atoms with Gasteiger partial charge in [-0.1, -0.05) is 5.10 Å². The van der Waals surface area contributed by atoms with Crippen LogP contribution in [0.4, 0.5) is 6.01 Å². The molecule has 0 amide bonds. The van der Waals surface area contributed by atoms with Crippen LogP contribution in [0.5, 0.6) is 0 Å². The molecule has 0 saturated carbocycles. The van der Waals surface area contributed by atoms with E-state index in [1.165, 1.54) is 12.8 Å². The minimum atomic E-state index is 0.377. The Morgan fingerprint density at radius 3 is 3.06 bits per heavy atom. The van der Waals surface area contributed by atoms with Gasteiger partial charge < -0.3 is 20.2 Å². The van der Waals surface area contributed by atoms with Crippen molar-refractivity contribution in [2.75, 3.05) is 25.0 Å². The molecule has 1 atom stereocenters. The van der Waals surface area contributed by atoms with Gasteiger partial charge in [-0.25, -0.2) is 0 Å². The Kier molecular flexibility index (Phi) is 4.75. The Morgan fingerprint density at radius 1 is 1.35 bits per heavy atom. The van der Waals surface area contributed by atoms with Crippen LogP contribution in [0.1, 0.15) is 31.6 Å². The van der Waals surface area contributed by atoms with E-state index in [-0.39, 0.29) is 0 Å². The van der Waals surface area contributed by atoms with E-state index in [2.05, 4.69) is 15.5 Å². The molecule has 1 aromatic rings. The number of hydrogen-bond acceptors (Lipinski definition) is 6. The van der Waals surface area contributed by atoms with E-state index in [0.29, 0.717) is 31.0 Å². The monoisotopic (exact) mass is 240 g/mol. The molecule has 0 aliphatic carbocycles. The topological polar surface area (TPSA) is 86.2 Å². The highest BCUT2D eigenvalue weighted by atomic mass is 16.5. The normalized spacial score (nSPS) is 20.4. The van der Waals surface area contributed by atoms with Gasteiger partial charge in [0.05, 0.1) is 6.10 Å². The zero-order chi connectivity index (χ0) is 11.9. The quantitative estimate of drug-likeness (QED) is 0.769. The smallest absolute Gasteiger partial charge is 0.315 e. The van der Waals surface area contributed by atoms with Gasteiger partial charge in [-0.15, -0.1) is 5.10 Å². The summed E-state index contributed by atoms with van der Waals surface area (Å²) in [5.74, 6) is 0.587. The molecular formula is C11H20N4O2. The Hall–Kier alpha value is -1.14. The highest BCUT2D eigenvalue weighted by Gasteiger charge is 2.13. The molecule has 17 heavy (non-hydrogen) atoms. The van der Waals surface area contributed by atoms with Gasteiger partial charge in [-0.3, -0.25) is 0 Å². The van der Waals surface area contributed by atoms with Crippen molar-refractivity contribution >= 4 is 6.01 Å². The molecule has 0 bridgehead atoms. The van der Waals surface area contributed by atoms with Crippen molar-refractivity contribution in [3.8, 4) is 0 Å². The van der Waals surface area contributed by atoms with Gasteiger partial charge in [0.2, 0.25) is 5.89 Å². The first-order valence-corrected chi connectivity index (χ1v) is 6.26. The van der Waals surface area contributed by atoms with Gasteiger partial charge in [0.15, 0.2) is 0 Å². The van der Waals surface area contributed by atoms with Crippen molar-refractivity contribution in [3.05, 3.63) is 5.89 Å². The molecule has 2 rings (SSSR count). The average molecular weight is 240 g/mol. The predicted octanol–water partition coefficient (Wildman–Crippen LogP) is 0.942. The van der Waals surface area contributed by atoms with Crippen molar-refractivity contribution < 1.29 is 9.15 Å². The Balaban J connectivity index is 1.66. The Morgan fingerprint density at radius 2 is 2.29 bits per heavy atom. The van der Waals surface area contributed by atoms with E-state index in [1.54, 1.807) is 0 Å². The molecule has 1 unspecified atom stereocenters. The van der Waals surface area contributed by atoms with Gasteiger partial charge >= 0.3 is 6.01 Å². The third-order valence-electron chi connectivity index (χ3n) is 2.84. The molecule has 0 aromatic carbocycles. The molecule has 6 nitrogen and oxygen atoms in total. The molecule has 96 valence electrons. The lowest BCUT2D eigenvalue weighted by Crippen LogP contribution is -2.22. The molecule has 3 N–H and O–H groups in total. The summed E-state index contributed by atoms with van der Waals surface area (Å²) in [6.07, 6.45) is 5.60. The van der Waals surface area contributed by atoms with Gasteiger partial charge in [0.1, 0.15) is 0 Å². The number of aromatic nitrogens is 2. The third kappa shape index (κ3) is 3.98. The van der Waals surface area contributed by atoms with Gasteiger partial charge in [-0.2, -0.15) is 0 Å². The number of hydrogen-bond donors (Lipinski definition) is 2. The molecule has 0 radical (unpaired) electrons. The fourth-order valence-electron chi connectivity index (χ4n) is 1.92. The predicted molar refractivity (Wildman–Crippen MR) is 63.8 cm³/mol. The second-order valence-corrected chi connectivity index (χ2v) is 4.24. The summed E-state index contributed by atoms with van der Waals surface area (Å²) < 4.78 is 11.0. The molecule has 1 fully saturated rings. The first kappa shape index (κ1) is 12.3. The Labute approximate surface area is 101 Å². The second-order valence-electron chi connectivity index (χ2n) is 4.24. The van der Waals surface area contributed by atoms with Crippen LogP contribution in [-0.4, -0.2) is 36.0 Å². The van der Waals surface area contributed by atoms with E-state index < -0.39 is 0 Å². The minimum absolute atomic E-state index is 0.377. The van der Waals surface area contributed by atoms with E-state index in [1.807, 2.05) is 0 Å². The van der Waals surface area contributed by atoms with Crippen LogP contribution in [0.15, 0.2) is 4.42 Å². The summed E-state index contributed by atoms with van der Waals surface area (Å²) in [6.45, 7) is 2.22. The summed E-state index contributed by atoms with van der Waals surface area (Å²) in [5, 5.41) is 10.9. The Bertz CT molecular complexity index is 323. The molecule has 1 saturated heterocycles. The molecule has 0 spiro atoms. The maximum Gasteiger partial charge on any atom is 0.315 e. The first-order chi connectivity index (χ1) is 8.38. The van der Waals surface area contributed by atoms with E-state index in [4.69, 9.17) is 14.9 Å². The van der Waals surface area contributed by atoms with E-state index in [9.17, 15) is 0 Å². The minimum Gasteiger partial charge on any atom is -0.408 e. The lowest BCUT2D eigenvalue weighted by Gasteiger charge is -2.22. The highest BCUT2D eigenvalue weighted by Crippen LogP contribution is 2.15. The van der Waals surface area contributed by atoms with Crippen LogP contribution in [0.25, 0.3) is 0 Å². The van der Waals surface area contributed by atoms with Gasteiger partial charge in [-0.05, 0) is 25.7 Å². The van der Waals surface area contributed by atoms with Crippen molar-refractivity contribution in [2.24, 2.45) is 5.73 Å². The lowest BCUT2D eigenvalue weighted by molar-refractivity contribution is 0.0134. The fraction of sp³-hybridized carbons (Fsp3) is 0.818. The fourth-order valence-corrected chi connectivity index (χ4v) is 1.92.